The van der Waals surface area contributed by atoms with Gasteiger partial charge in [-0.1, -0.05) is 24.3 Å². The standard InChI is InChI=1S/C20H23NO5S/c1-2-21(17-9-4-3-5-10-17)27(23,24)19-12-6-8-16(14-19)20(22)26-15-18-11-7-13-25-18/h3-6,8-10,12,14,18H,2,7,11,13,15H2,1H3/t18-/m1/s1. The highest BCUT2D eigenvalue weighted by Gasteiger charge is 2.25. The molecule has 7 heteroatoms. The summed E-state index contributed by atoms with van der Waals surface area (Å²) in [6.07, 6.45) is 1.75. The van der Waals surface area contributed by atoms with E-state index in [0.717, 1.165) is 12.8 Å². The minimum absolute atomic E-state index is 0.0553. The maximum absolute atomic E-state index is 13.1. The van der Waals surface area contributed by atoms with Crippen LogP contribution >= 0.6 is 0 Å². The predicted octanol–water partition coefficient (Wildman–Crippen LogP) is 3.24. The molecular weight excluding hydrogens is 366 g/mol. The Kier molecular flexibility index (Phi) is 6.13. The first-order valence-electron chi connectivity index (χ1n) is 8.99. The molecule has 0 bridgehead atoms. The summed E-state index contributed by atoms with van der Waals surface area (Å²) in [5, 5.41) is 0. The Morgan fingerprint density at radius 1 is 1.19 bits per heavy atom. The third-order valence-electron chi connectivity index (χ3n) is 4.41. The molecular formula is C20H23NO5S. The lowest BCUT2D eigenvalue weighted by Crippen LogP contribution is -2.30. The number of ether oxygens (including phenoxy) is 2. The molecule has 0 aliphatic carbocycles. The maximum Gasteiger partial charge on any atom is 0.338 e. The van der Waals surface area contributed by atoms with E-state index in [0.29, 0.717) is 12.3 Å². The molecule has 0 radical (unpaired) electrons. The van der Waals surface area contributed by atoms with Crippen molar-refractivity contribution in [1.82, 2.24) is 0 Å². The molecule has 6 nitrogen and oxygen atoms in total. The van der Waals surface area contributed by atoms with Gasteiger partial charge in [-0.05, 0) is 50.1 Å². The highest BCUT2D eigenvalue weighted by atomic mass is 32.2. The number of nitrogens with zero attached hydrogens (tertiary/aromatic N) is 1. The summed E-state index contributed by atoms with van der Waals surface area (Å²) in [5.74, 6) is -0.551. The number of carbonyl (C=O) groups is 1. The van der Waals surface area contributed by atoms with Crippen molar-refractivity contribution in [3.63, 3.8) is 0 Å². The van der Waals surface area contributed by atoms with Crippen LogP contribution in [0, 0.1) is 0 Å². The van der Waals surface area contributed by atoms with Crippen LogP contribution in [0.5, 0.6) is 0 Å². The number of anilines is 1. The fourth-order valence-electron chi connectivity index (χ4n) is 3.02. The summed E-state index contributed by atoms with van der Waals surface area (Å²) in [7, 11) is -3.79. The minimum Gasteiger partial charge on any atom is -0.459 e. The van der Waals surface area contributed by atoms with Crippen molar-refractivity contribution in [1.29, 1.82) is 0 Å². The van der Waals surface area contributed by atoms with Crippen LogP contribution in [0.25, 0.3) is 0 Å². The van der Waals surface area contributed by atoms with Crippen molar-refractivity contribution < 1.29 is 22.7 Å². The van der Waals surface area contributed by atoms with E-state index in [9.17, 15) is 13.2 Å². The fraction of sp³-hybridized carbons (Fsp3) is 0.350. The van der Waals surface area contributed by atoms with Crippen LogP contribution in [0.15, 0.2) is 59.5 Å². The van der Waals surface area contributed by atoms with Crippen LogP contribution in [-0.2, 0) is 19.5 Å². The van der Waals surface area contributed by atoms with Gasteiger partial charge in [0.05, 0.1) is 22.3 Å². The zero-order valence-corrected chi connectivity index (χ0v) is 16.0. The van der Waals surface area contributed by atoms with E-state index in [1.165, 1.54) is 16.4 Å². The molecule has 2 aromatic rings. The van der Waals surface area contributed by atoms with Gasteiger partial charge in [-0.2, -0.15) is 0 Å². The van der Waals surface area contributed by atoms with Gasteiger partial charge in [0.15, 0.2) is 0 Å². The molecule has 1 aliphatic rings. The van der Waals surface area contributed by atoms with Gasteiger partial charge in [0.1, 0.15) is 6.61 Å². The van der Waals surface area contributed by atoms with Crippen LogP contribution in [0.1, 0.15) is 30.1 Å². The Hall–Kier alpha value is -2.38. The normalized spacial score (nSPS) is 16.9. The molecule has 1 atom stereocenters. The van der Waals surface area contributed by atoms with Crippen molar-refractivity contribution in [3.05, 3.63) is 60.2 Å². The average molecular weight is 389 g/mol. The molecule has 144 valence electrons. The lowest BCUT2D eigenvalue weighted by Gasteiger charge is -2.23. The van der Waals surface area contributed by atoms with Gasteiger partial charge in [0.2, 0.25) is 0 Å². The summed E-state index contributed by atoms with van der Waals surface area (Å²) in [5.41, 5.74) is 0.782. The quantitative estimate of drug-likeness (QED) is 0.680. The van der Waals surface area contributed by atoms with E-state index in [1.807, 2.05) is 6.07 Å². The summed E-state index contributed by atoms with van der Waals surface area (Å²) in [6.45, 7) is 2.91. The Labute approximate surface area is 159 Å². The SMILES string of the molecule is CCN(c1ccccc1)S(=O)(=O)c1cccc(C(=O)OC[C@H]2CCCO2)c1. The molecule has 0 spiro atoms. The van der Waals surface area contributed by atoms with Crippen LogP contribution in [-0.4, -0.2) is 40.2 Å². The van der Waals surface area contributed by atoms with Crippen molar-refractivity contribution in [2.24, 2.45) is 0 Å². The number of hydrogen-bond acceptors (Lipinski definition) is 5. The molecule has 2 aromatic carbocycles. The minimum atomic E-state index is -3.79. The number of benzene rings is 2. The van der Waals surface area contributed by atoms with Gasteiger partial charge in [-0.15, -0.1) is 0 Å². The third-order valence-corrected chi connectivity index (χ3v) is 6.31. The van der Waals surface area contributed by atoms with Crippen LogP contribution in [0.2, 0.25) is 0 Å². The molecule has 0 aromatic heterocycles. The Morgan fingerprint density at radius 2 is 1.96 bits per heavy atom. The molecule has 0 unspecified atom stereocenters. The first-order valence-corrected chi connectivity index (χ1v) is 10.4. The molecule has 0 amide bonds. The Balaban J connectivity index is 1.79. The van der Waals surface area contributed by atoms with Gasteiger partial charge in [0.25, 0.3) is 10.0 Å². The van der Waals surface area contributed by atoms with E-state index in [1.54, 1.807) is 43.3 Å². The van der Waals surface area contributed by atoms with Crippen LogP contribution in [0.4, 0.5) is 5.69 Å². The lowest BCUT2D eigenvalue weighted by molar-refractivity contribution is 0.0161. The lowest BCUT2D eigenvalue weighted by atomic mass is 10.2. The maximum atomic E-state index is 13.1. The van der Waals surface area contributed by atoms with E-state index in [4.69, 9.17) is 9.47 Å². The Morgan fingerprint density at radius 3 is 2.63 bits per heavy atom. The van der Waals surface area contributed by atoms with Crippen molar-refractivity contribution >= 4 is 21.7 Å². The van der Waals surface area contributed by atoms with Gasteiger partial charge in [0, 0.05) is 13.2 Å². The molecule has 0 N–H and O–H groups in total. The molecule has 1 saturated heterocycles. The average Bonchev–Trinajstić information content (AvgIpc) is 3.21. The second kappa shape index (κ2) is 8.54. The summed E-state index contributed by atoms with van der Waals surface area (Å²) >= 11 is 0. The highest BCUT2D eigenvalue weighted by molar-refractivity contribution is 7.92. The first-order chi connectivity index (χ1) is 13.0. The number of esters is 1. The molecule has 27 heavy (non-hydrogen) atoms. The molecule has 1 aliphatic heterocycles. The predicted molar refractivity (Wildman–Crippen MR) is 102 cm³/mol. The number of hydrogen-bond donors (Lipinski definition) is 0. The highest BCUT2D eigenvalue weighted by Crippen LogP contribution is 2.24. The van der Waals surface area contributed by atoms with E-state index in [-0.39, 0.29) is 29.7 Å². The molecule has 1 fully saturated rings. The van der Waals surface area contributed by atoms with Gasteiger partial charge in [-0.3, -0.25) is 4.31 Å². The topological polar surface area (TPSA) is 72.9 Å². The second-order valence-electron chi connectivity index (χ2n) is 6.27. The van der Waals surface area contributed by atoms with Crippen molar-refractivity contribution in [2.45, 2.75) is 30.8 Å². The smallest absolute Gasteiger partial charge is 0.338 e. The number of rotatable bonds is 7. The third kappa shape index (κ3) is 4.48. The van der Waals surface area contributed by atoms with Crippen LogP contribution < -0.4 is 4.31 Å². The second-order valence-corrected chi connectivity index (χ2v) is 8.13. The summed E-state index contributed by atoms with van der Waals surface area (Å²) < 4.78 is 38.1. The van der Waals surface area contributed by atoms with Crippen LogP contribution in [0.3, 0.4) is 0 Å². The summed E-state index contributed by atoms with van der Waals surface area (Å²) in [6, 6.07) is 14.8. The first kappa shape index (κ1) is 19.4. The fourth-order valence-corrected chi connectivity index (χ4v) is 4.54. The number of para-hydroxylation sites is 1. The Bertz CT molecular complexity index is 876. The van der Waals surface area contributed by atoms with E-state index in [2.05, 4.69) is 0 Å². The van der Waals surface area contributed by atoms with E-state index < -0.39 is 16.0 Å². The zero-order chi connectivity index (χ0) is 19.3. The van der Waals surface area contributed by atoms with Crippen molar-refractivity contribution in [2.75, 3.05) is 24.1 Å². The molecule has 0 saturated carbocycles. The zero-order valence-electron chi connectivity index (χ0n) is 15.2. The van der Waals surface area contributed by atoms with Gasteiger partial charge >= 0.3 is 5.97 Å². The number of carbonyl (C=O) groups excluding carboxylic acids is 1. The van der Waals surface area contributed by atoms with E-state index >= 15 is 0 Å². The number of sulfonamides is 1. The molecule has 3 rings (SSSR count). The van der Waals surface area contributed by atoms with Gasteiger partial charge in [-0.25, -0.2) is 13.2 Å². The summed E-state index contributed by atoms with van der Waals surface area (Å²) in [4.78, 5) is 12.4. The largest absolute Gasteiger partial charge is 0.459 e. The van der Waals surface area contributed by atoms with Crippen molar-refractivity contribution in [3.8, 4) is 0 Å². The van der Waals surface area contributed by atoms with Gasteiger partial charge < -0.3 is 9.47 Å². The molecule has 1 heterocycles. The monoisotopic (exact) mass is 389 g/mol.